The van der Waals surface area contributed by atoms with Crippen LogP contribution in [0.2, 0.25) is 0 Å². The summed E-state index contributed by atoms with van der Waals surface area (Å²) in [5, 5.41) is 8.79. The largest absolute Gasteiger partial charge is 0.481 e. The van der Waals surface area contributed by atoms with Crippen molar-refractivity contribution < 1.29 is 23.8 Å². The van der Waals surface area contributed by atoms with Crippen molar-refractivity contribution in [3.8, 4) is 0 Å². The average Bonchev–Trinajstić information content (AvgIpc) is 2.49. The number of benzene rings is 1. The molecule has 120 valence electrons. The molecule has 0 spiro atoms. The summed E-state index contributed by atoms with van der Waals surface area (Å²) in [5.41, 5.74) is 0.357. The zero-order valence-corrected chi connectivity index (χ0v) is 12.5. The summed E-state index contributed by atoms with van der Waals surface area (Å²) in [4.78, 5) is 24.7. The van der Waals surface area contributed by atoms with E-state index in [9.17, 15) is 14.0 Å². The van der Waals surface area contributed by atoms with Crippen LogP contribution in [0.1, 0.15) is 35.7 Å². The molecule has 1 aromatic carbocycles. The third kappa shape index (κ3) is 4.04. The van der Waals surface area contributed by atoms with Crippen molar-refractivity contribution in [2.24, 2.45) is 0 Å². The van der Waals surface area contributed by atoms with Crippen LogP contribution in [0.25, 0.3) is 0 Å². The molecule has 6 heteroatoms. The number of hydrogen-bond acceptors (Lipinski definition) is 3. The van der Waals surface area contributed by atoms with Crippen LogP contribution in [-0.2, 0) is 16.0 Å². The highest BCUT2D eigenvalue weighted by Gasteiger charge is 2.25. The van der Waals surface area contributed by atoms with Gasteiger partial charge in [-0.1, -0.05) is 6.07 Å². The summed E-state index contributed by atoms with van der Waals surface area (Å²) in [5.74, 6) is -2.02. The van der Waals surface area contributed by atoms with Crippen molar-refractivity contribution in [1.29, 1.82) is 0 Å². The van der Waals surface area contributed by atoms with Gasteiger partial charge in [0.2, 0.25) is 0 Å². The molecular weight excluding hydrogens is 289 g/mol. The molecule has 0 bridgehead atoms. The van der Waals surface area contributed by atoms with Gasteiger partial charge in [0.15, 0.2) is 0 Å². The predicted molar refractivity (Wildman–Crippen MR) is 78.3 cm³/mol. The first kappa shape index (κ1) is 16.4. The number of carbonyl (C=O) groups excluding carboxylic acids is 1. The molecule has 1 aliphatic rings. The Hall–Kier alpha value is -1.95. The Balaban J connectivity index is 2.07. The maximum Gasteiger partial charge on any atom is 0.307 e. The molecule has 0 aromatic heterocycles. The van der Waals surface area contributed by atoms with Crippen molar-refractivity contribution in [1.82, 2.24) is 4.90 Å². The van der Waals surface area contributed by atoms with Crippen LogP contribution in [0.15, 0.2) is 18.2 Å². The average molecular weight is 309 g/mol. The highest BCUT2D eigenvalue weighted by atomic mass is 19.1. The Labute approximate surface area is 128 Å². The summed E-state index contributed by atoms with van der Waals surface area (Å²) >= 11 is 0. The topological polar surface area (TPSA) is 66.8 Å². The van der Waals surface area contributed by atoms with E-state index in [-0.39, 0.29) is 24.0 Å². The normalized spacial score (nSPS) is 15.8. The Kier molecular flexibility index (Phi) is 5.49. The molecule has 22 heavy (non-hydrogen) atoms. The molecule has 1 N–H and O–H groups in total. The van der Waals surface area contributed by atoms with Crippen LogP contribution in [0.5, 0.6) is 0 Å². The maximum atomic E-state index is 13.9. The van der Waals surface area contributed by atoms with E-state index in [0.717, 1.165) is 18.9 Å². The maximum absolute atomic E-state index is 13.9. The van der Waals surface area contributed by atoms with Gasteiger partial charge in [0.25, 0.3) is 5.91 Å². The molecule has 1 aromatic rings. The van der Waals surface area contributed by atoms with Gasteiger partial charge in [-0.2, -0.15) is 0 Å². The van der Waals surface area contributed by atoms with E-state index < -0.39 is 11.8 Å². The zero-order valence-electron chi connectivity index (χ0n) is 12.5. The molecule has 0 unspecified atom stereocenters. The van der Waals surface area contributed by atoms with E-state index in [1.165, 1.54) is 12.1 Å². The lowest BCUT2D eigenvalue weighted by atomic mass is 10.0. The van der Waals surface area contributed by atoms with Crippen LogP contribution in [0.3, 0.4) is 0 Å². The molecule has 1 saturated heterocycles. The second kappa shape index (κ2) is 7.35. The SMILES string of the molecule is CCOC1CCN(C(=O)c2cc(CC(=O)O)ccc2F)CC1. The standard InChI is InChI=1S/C16H20FNO4/c1-2-22-12-5-7-18(8-6-12)16(21)13-9-11(10-15(19)20)3-4-14(13)17/h3-4,9,12H,2,5-8,10H2,1H3,(H,19,20). The van der Waals surface area contributed by atoms with Crippen LogP contribution >= 0.6 is 0 Å². The molecule has 5 nitrogen and oxygen atoms in total. The minimum absolute atomic E-state index is 0.0615. The molecule has 0 radical (unpaired) electrons. The van der Waals surface area contributed by atoms with Crippen molar-refractivity contribution in [3.63, 3.8) is 0 Å². The number of rotatable bonds is 5. The second-order valence-electron chi connectivity index (χ2n) is 5.33. The fourth-order valence-corrected chi connectivity index (χ4v) is 2.65. The first-order valence-corrected chi connectivity index (χ1v) is 7.42. The molecule has 1 fully saturated rings. The van der Waals surface area contributed by atoms with Crippen LogP contribution < -0.4 is 0 Å². The van der Waals surface area contributed by atoms with Crippen LogP contribution in [0, 0.1) is 5.82 Å². The number of hydrogen-bond donors (Lipinski definition) is 1. The van der Waals surface area contributed by atoms with E-state index in [1.54, 1.807) is 4.90 Å². The first-order chi connectivity index (χ1) is 10.5. The number of carbonyl (C=O) groups is 2. The van der Waals surface area contributed by atoms with Gasteiger partial charge in [-0.3, -0.25) is 9.59 Å². The second-order valence-corrected chi connectivity index (χ2v) is 5.33. The molecule has 0 atom stereocenters. The number of ether oxygens (including phenoxy) is 1. The van der Waals surface area contributed by atoms with Crippen LogP contribution in [-0.4, -0.2) is 47.7 Å². The van der Waals surface area contributed by atoms with Crippen molar-refractivity contribution in [2.45, 2.75) is 32.3 Å². The fraction of sp³-hybridized carbons (Fsp3) is 0.500. The quantitative estimate of drug-likeness (QED) is 0.904. The third-order valence-electron chi connectivity index (χ3n) is 3.75. The number of carboxylic acids is 1. The minimum atomic E-state index is -1.01. The van der Waals surface area contributed by atoms with Crippen LogP contribution in [0.4, 0.5) is 4.39 Å². The van der Waals surface area contributed by atoms with E-state index in [0.29, 0.717) is 25.3 Å². The summed E-state index contributed by atoms with van der Waals surface area (Å²) in [6.07, 6.45) is 1.39. The number of piperidine rings is 1. The Morgan fingerprint density at radius 1 is 1.36 bits per heavy atom. The van der Waals surface area contributed by atoms with Crippen molar-refractivity contribution >= 4 is 11.9 Å². The summed E-state index contributed by atoms with van der Waals surface area (Å²) in [7, 11) is 0. The molecule has 1 amide bonds. The number of likely N-dealkylation sites (tertiary alicyclic amines) is 1. The summed E-state index contributed by atoms with van der Waals surface area (Å²) in [6, 6.07) is 3.88. The van der Waals surface area contributed by atoms with E-state index in [4.69, 9.17) is 9.84 Å². The van der Waals surface area contributed by atoms with Crippen molar-refractivity contribution in [3.05, 3.63) is 35.1 Å². The number of halogens is 1. The molecule has 2 rings (SSSR count). The Bertz CT molecular complexity index is 553. The van der Waals surface area contributed by atoms with E-state index in [2.05, 4.69) is 0 Å². The number of amides is 1. The highest BCUT2D eigenvalue weighted by Crippen LogP contribution is 2.19. The van der Waals surface area contributed by atoms with Gasteiger partial charge < -0.3 is 14.7 Å². The Morgan fingerprint density at radius 2 is 2.05 bits per heavy atom. The predicted octanol–water partition coefficient (Wildman–Crippen LogP) is 2.09. The highest BCUT2D eigenvalue weighted by molar-refractivity contribution is 5.95. The fourth-order valence-electron chi connectivity index (χ4n) is 2.65. The van der Waals surface area contributed by atoms with Gasteiger partial charge in [-0.15, -0.1) is 0 Å². The number of aliphatic carboxylic acids is 1. The molecule has 0 aliphatic carbocycles. The van der Waals surface area contributed by atoms with E-state index in [1.807, 2.05) is 6.92 Å². The first-order valence-electron chi connectivity index (χ1n) is 7.42. The summed E-state index contributed by atoms with van der Waals surface area (Å²) in [6.45, 7) is 3.61. The van der Waals surface area contributed by atoms with Gasteiger partial charge in [-0.25, -0.2) is 4.39 Å². The smallest absolute Gasteiger partial charge is 0.307 e. The summed E-state index contributed by atoms with van der Waals surface area (Å²) < 4.78 is 19.4. The molecule has 1 heterocycles. The monoisotopic (exact) mass is 309 g/mol. The third-order valence-corrected chi connectivity index (χ3v) is 3.75. The molecule has 0 saturated carbocycles. The molecular formula is C16H20FNO4. The van der Waals surface area contributed by atoms with Gasteiger partial charge >= 0.3 is 5.97 Å². The van der Waals surface area contributed by atoms with E-state index >= 15 is 0 Å². The zero-order chi connectivity index (χ0) is 16.1. The van der Waals surface area contributed by atoms with Gasteiger partial charge in [0.1, 0.15) is 5.82 Å². The number of nitrogens with zero attached hydrogens (tertiary/aromatic N) is 1. The van der Waals surface area contributed by atoms with Gasteiger partial charge in [-0.05, 0) is 37.5 Å². The minimum Gasteiger partial charge on any atom is -0.481 e. The van der Waals surface area contributed by atoms with Crippen molar-refractivity contribution in [2.75, 3.05) is 19.7 Å². The lowest BCUT2D eigenvalue weighted by Gasteiger charge is -2.32. The Morgan fingerprint density at radius 3 is 2.64 bits per heavy atom. The van der Waals surface area contributed by atoms with Gasteiger partial charge in [0.05, 0.1) is 18.1 Å². The lowest BCUT2D eigenvalue weighted by Crippen LogP contribution is -2.41. The molecule has 1 aliphatic heterocycles. The lowest BCUT2D eigenvalue weighted by molar-refractivity contribution is -0.136. The number of carboxylic acid groups (broad SMARTS) is 1. The van der Waals surface area contributed by atoms with Gasteiger partial charge in [0, 0.05) is 19.7 Å².